The number of nitrogens with one attached hydrogen (secondary N) is 1. The zero-order chi connectivity index (χ0) is 11.2. The van der Waals surface area contributed by atoms with E-state index in [0.29, 0.717) is 12.6 Å². The number of halogens is 1. The van der Waals surface area contributed by atoms with Crippen molar-refractivity contribution in [2.75, 3.05) is 13.2 Å². The molecular weight excluding hydrogens is 268 g/mol. The number of rotatable bonds is 4. The number of nitrogens with zero attached hydrogens (tertiary/aromatic N) is 1. The van der Waals surface area contributed by atoms with Crippen LogP contribution in [0.3, 0.4) is 0 Å². The summed E-state index contributed by atoms with van der Waals surface area (Å²) in [5.74, 6) is 0. The van der Waals surface area contributed by atoms with E-state index in [1.54, 1.807) is 6.20 Å². The fraction of sp³-hybridized carbons (Fsp3) is 0.583. The molecule has 1 aliphatic heterocycles. The van der Waals surface area contributed by atoms with Gasteiger partial charge in [0, 0.05) is 12.2 Å². The Labute approximate surface area is 105 Å². The first kappa shape index (κ1) is 12.0. The van der Waals surface area contributed by atoms with Crippen LogP contribution in [0.4, 0.5) is 0 Å². The summed E-state index contributed by atoms with van der Waals surface area (Å²) in [6, 6.07) is 4.52. The SMILES string of the molecule is Brc1cc(COC[C@H]2CCCCN2)ccn1. The van der Waals surface area contributed by atoms with Crippen LogP contribution in [0.5, 0.6) is 0 Å². The van der Waals surface area contributed by atoms with Gasteiger partial charge in [-0.15, -0.1) is 0 Å². The number of ether oxygens (including phenoxy) is 1. The molecule has 3 nitrogen and oxygen atoms in total. The first-order chi connectivity index (χ1) is 7.84. The van der Waals surface area contributed by atoms with Crippen LogP contribution in [0.2, 0.25) is 0 Å². The predicted molar refractivity (Wildman–Crippen MR) is 67.2 cm³/mol. The molecule has 1 aromatic rings. The van der Waals surface area contributed by atoms with Gasteiger partial charge in [0.1, 0.15) is 4.60 Å². The van der Waals surface area contributed by atoms with Crippen molar-refractivity contribution in [2.45, 2.75) is 31.9 Å². The largest absolute Gasteiger partial charge is 0.375 e. The van der Waals surface area contributed by atoms with E-state index in [9.17, 15) is 0 Å². The first-order valence-electron chi connectivity index (χ1n) is 5.76. The minimum Gasteiger partial charge on any atom is -0.375 e. The van der Waals surface area contributed by atoms with Gasteiger partial charge in [-0.2, -0.15) is 0 Å². The molecule has 1 fully saturated rings. The Bertz CT molecular complexity index is 327. The highest BCUT2D eigenvalue weighted by molar-refractivity contribution is 9.10. The van der Waals surface area contributed by atoms with Crippen LogP contribution < -0.4 is 5.32 Å². The summed E-state index contributed by atoms with van der Waals surface area (Å²) in [6.07, 6.45) is 5.65. The lowest BCUT2D eigenvalue weighted by Crippen LogP contribution is -2.37. The molecule has 0 aliphatic carbocycles. The molecule has 0 saturated carbocycles. The molecule has 16 heavy (non-hydrogen) atoms. The van der Waals surface area contributed by atoms with Crippen LogP contribution in [-0.4, -0.2) is 24.2 Å². The molecule has 1 N–H and O–H groups in total. The summed E-state index contributed by atoms with van der Waals surface area (Å²) in [7, 11) is 0. The highest BCUT2D eigenvalue weighted by atomic mass is 79.9. The van der Waals surface area contributed by atoms with Crippen LogP contribution in [0.15, 0.2) is 22.9 Å². The van der Waals surface area contributed by atoms with Crippen molar-refractivity contribution in [1.29, 1.82) is 0 Å². The van der Waals surface area contributed by atoms with Crippen molar-refractivity contribution in [1.82, 2.24) is 10.3 Å². The molecule has 0 spiro atoms. The molecule has 2 rings (SSSR count). The average Bonchev–Trinajstić information content (AvgIpc) is 2.30. The topological polar surface area (TPSA) is 34.1 Å². The van der Waals surface area contributed by atoms with Gasteiger partial charge in [-0.3, -0.25) is 0 Å². The summed E-state index contributed by atoms with van der Waals surface area (Å²) in [4.78, 5) is 4.09. The summed E-state index contributed by atoms with van der Waals surface area (Å²) in [5, 5.41) is 3.47. The maximum Gasteiger partial charge on any atom is 0.106 e. The smallest absolute Gasteiger partial charge is 0.106 e. The van der Waals surface area contributed by atoms with Crippen LogP contribution >= 0.6 is 15.9 Å². The third-order valence-electron chi connectivity index (χ3n) is 2.79. The third kappa shape index (κ3) is 3.85. The van der Waals surface area contributed by atoms with E-state index >= 15 is 0 Å². The molecule has 0 unspecified atom stereocenters. The van der Waals surface area contributed by atoms with Crippen molar-refractivity contribution >= 4 is 15.9 Å². The Morgan fingerprint density at radius 1 is 1.50 bits per heavy atom. The van der Waals surface area contributed by atoms with Crippen molar-refractivity contribution in [2.24, 2.45) is 0 Å². The maximum atomic E-state index is 5.70. The number of pyridine rings is 1. The lowest BCUT2D eigenvalue weighted by molar-refractivity contribution is 0.0911. The van der Waals surface area contributed by atoms with Crippen LogP contribution in [-0.2, 0) is 11.3 Å². The van der Waals surface area contributed by atoms with Crippen molar-refractivity contribution in [3.8, 4) is 0 Å². The average molecular weight is 285 g/mol. The van der Waals surface area contributed by atoms with Crippen molar-refractivity contribution < 1.29 is 4.74 Å². The molecule has 88 valence electrons. The monoisotopic (exact) mass is 284 g/mol. The molecule has 4 heteroatoms. The lowest BCUT2D eigenvalue weighted by atomic mass is 10.1. The van der Waals surface area contributed by atoms with E-state index in [4.69, 9.17) is 4.74 Å². The summed E-state index contributed by atoms with van der Waals surface area (Å²) in [6.45, 7) is 2.61. The van der Waals surface area contributed by atoms with Gasteiger partial charge in [0.2, 0.25) is 0 Å². The van der Waals surface area contributed by atoms with E-state index in [1.165, 1.54) is 19.3 Å². The summed E-state index contributed by atoms with van der Waals surface area (Å²) >= 11 is 3.35. The van der Waals surface area contributed by atoms with Crippen molar-refractivity contribution in [3.05, 3.63) is 28.5 Å². The van der Waals surface area contributed by atoms with Crippen LogP contribution in [0.1, 0.15) is 24.8 Å². The molecule has 0 aromatic carbocycles. The van der Waals surface area contributed by atoms with E-state index in [0.717, 1.165) is 23.3 Å². The third-order valence-corrected chi connectivity index (χ3v) is 3.22. The van der Waals surface area contributed by atoms with E-state index in [-0.39, 0.29) is 0 Å². The Morgan fingerprint density at radius 2 is 2.44 bits per heavy atom. The van der Waals surface area contributed by atoms with Gasteiger partial charge in [-0.05, 0) is 53.0 Å². The quantitative estimate of drug-likeness (QED) is 0.863. The summed E-state index contributed by atoms with van der Waals surface area (Å²) < 4.78 is 6.57. The van der Waals surface area contributed by atoms with Gasteiger partial charge in [-0.25, -0.2) is 4.98 Å². The molecule has 1 aromatic heterocycles. The second-order valence-electron chi connectivity index (χ2n) is 4.15. The van der Waals surface area contributed by atoms with Crippen molar-refractivity contribution in [3.63, 3.8) is 0 Å². The zero-order valence-corrected chi connectivity index (χ0v) is 10.9. The number of hydrogen-bond acceptors (Lipinski definition) is 3. The van der Waals surface area contributed by atoms with E-state index in [1.807, 2.05) is 12.1 Å². The molecule has 0 bridgehead atoms. The van der Waals surface area contributed by atoms with E-state index < -0.39 is 0 Å². The Morgan fingerprint density at radius 3 is 3.19 bits per heavy atom. The van der Waals surface area contributed by atoms with Gasteiger partial charge in [-0.1, -0.05) is 6.42 Å². The highest BCUT2D eigenvalue weighted by Gasteiger charge is 2.11. The van der Waals surface area contributed by atoms with Gasteiger partial charge >= 0.3 is 0 Å². The zero-order valence-electron chi connectivity index (χ0n) is 9.29. The predicted octanol–water partition coefficient (Wildman–Crippen LogP) is 2.50. The first-order valence-corrected chi connectivity index (χ1v) is 6.55. The Kier molecular flexibility index (Phi) is 4.75. The maximum absolute atomic E-state index is 5.70. The number of hydrogen-bond donors (Lipinski definition) is 1. The Balaban J connectivity index is 1.71. The Hall–Kier alpha value is -0.450. The number of aromatic nitrogens is 1. The van der Waals surface area contributed by atoms with Crippen LogP contribution in [0, 0.1) is 0 Å². The second-order valence-corrected chi connectivity index (χ2v) is 4.96. The van der Waals surface area contributed by atoms with Gasteiger partial charge in [0.15, 0.2) is 0 Å². The summed E-state index contributed by atoms with van der Waals surface area (Å²) in [5.41, 5.74) is 1.16. The standard InChI is InChI=1S/C12H17BrN2O/c13-12-7-10(4-6-15-12)8-16-9-11-3-1-2-5-14-11/h4,6-7,11,14H,1-3,5,8-9H2/t11-/m1/s1. The van der Waals surface area contributed by atoms with Gasteiger partial charge < -0.3 is 10.1 Å². The molecule has 1 saturated heterocycles. The fourth-order valence-electron chi connectivity index (χ4n) is 1.92. The molecule has 1 aliphatic rings. The molecule has 0 radical (unpaired) electrons. The highest BCUT2D eigenvalue weighted by Crippen LogP contribution is 2.11. The molecular formula is C12H17BrN2O. The van der Waals surface area contributed by atoms with Gasteiger partial charge in [0.25, 0.3) is 0 Å². The van der Waals surface area contributed by atoms with Gasteiger partial charge in [0.05, 0.1) is 13.2 Å². The molecule has 2 heterocycles. The second kappa shape index (κ2) is 6.33. The minimum atomic E-state index is 0.541. The normalized spacial score (nSPS) is 20.9. The molecule has 1 atom stereocenters. The minimum absolute atomic E-state index is 0.541. The lowest BCUT2D eigenvalue weighted by Gasteiger charge is -2.23. The van der Waals surface area contributed by atoms with Crippen LogP contribution in [0.25, 0.3) is 0 Å². The fourth-order valence-corrected chi connectivity index (χ4v) is 2.33. The van der Waals surface area contributed by atoms with E-state index in [2.05, 4.69) is 26.2 Å². The number of piperidine rings is 1. The molecule has 0 amide bonds.